The van der Waals surface area contributed by atoms with E-state index in [4.69, 9.17) is 5.73 Å². The predicted molar refractivity (Wildman–Crippen MR) is 72.1 cm³/mol. The van der Waals surface area contributed by atoms with Crippen LogP contribution >= 0.6 is 15.9 Å². The van der Waals surface area contributed by atoms with Crippen LogP contribution in [0.15, 0.2) is 22.7 Å². The second-order valence-corrected chi connectivity index (χ2v) is 5.16. The van der Waals surface area contributed by atoms with E-state index in [1.165, 1.54) is 0 Å². The standard InChI is InChI=1S/C12H14BrN3O2/c13-7-1-3-9(10(14)5-7)12(18)15-6-8-2-4-11(17)16-8/h1,3,5,8H,2,4,6,14H2,(H,15,18)(H,16,17). The third kappa shape index (κ3) is 3.01. The molecular weight excluding hydrogens is 298 g/mol. The van der Waals surface area contributed by atoms with E-state index in [0.717, 1.165) is 10.9 Å². The van der Waals surface area contributed by atoms with E-state index in [9.17, 15) is 9.59 Å². The van der Waals surface area contributed by atoms with Crippen LogP contribution in [0.25, 0.3) is 0 Å². The predicted octanol–water partition coefficient (Wildman–Crippen LogP) is 1.04. The molecule has 0 radical (unpaired) electrons. The Balaban J connectivity index is 1.93. The van der Waals surface area contributed by atoms with Crippen molar-refractivity contribution in [2.75, 3.05) is 12.3 Å². The van der Waals surface area contributed by atoms with Gasteiger partial charge in [-0.3, -0.25) is 9.59 Å². The van der Waals surface area contributed by atoms with Crippen molar-refractivity contribution in [3.05, 3.63) is 28.2 Å². The van der Waals surface area contributed by atoms with Crippen LogP contribution in [-0.4, -0.2) is 24.4 Å². The fraction of sp³-hybridized carbons (Fsp3) is 0.333. The van der Waals surface area contributed by atoms with Crippen molar-refractivity contribution in [3.8, 4) is 0 Å². The summed E-state index contributed by atoms with van der Waals surface area (Å²) in [6.07, 6.45) is 1.29. The molecule has 2 amide bonds. The molecule has 1 fully saturated rings. The Morgan fingerprint density at radius 1 is 1.56 bits per heavy atom. The van der Waals surface area contributed by atoms with Gasteiger partial charge in [0.2, 0.25) is 5.91 Å². The van der Waals surface area contributed by atoms with E-state index < -0.39 is 0 Å². The minimum atomic E-state index is -0.221. The second kappa shape index (κ2) is 5.39. The topological polar surface area (TPSA) is 84.2 Å². The van der Waals surface area contributed by atoms with Gasteiger partial charge in [0.25, 0.3) is 5.91 Å². The number of amides is 2. The summed E-state index contributed by atoms with van der Waals surface area (Å²) in [4.78, 5) is 22.9. The monoisotopic (exact) mass is 311 g/mol. The van der Waals surface area contributed by atoms with E-state index in [-0.39, 0.29) is 17.9 Å². The third-order valence-corrected chi connectivity index (χ3v) is 3.35. The molecule has 2 rings (SSSR count). The third-order valence-electron chi connectivity index (χ3n) is 2.85. The zero-order valence-electron chi connectivity index (χ0n) is 9.70. The summed E-state index contributed by atoms with van der Waals surface area (Å²) in [6, 6.07) is 5.15. The molecule has 1 aromatic carbocycles. The number of nitrogen functional groups attached to an aromatic ring is 1. The Bertz CT molecular complexity index is 490. The Labute approximate surface area is 113 Å². The van der Waals surface area contributed by atoms with Gasteiger partial charge in [-0.1, -0.05) is 15.9 Å². The van der Waals surface area contributed by atoms with Gasteiger partial charge in [-0.25, -0.2) is 0 Å². The zero-order chi connectivity index (χ0) is 13.1. The average molecular weight is 312 g/mol. The quantitative estimate of drug-likeness (QED) is 0.729. The molecule has 4 N–H and O–H groups in total. The van der Waals surface area contributed by atoms with Crippen LogP contribution in [-0.2, 0) is 4.79 Å². The molecule has 0 bridgehead atoms. The summed E-state index contributed by atoms with van der Waals surface area (Å²) in [6.45, 7) is 0.431. The summed E-state index contributed by atoms with van der Waals surface area (Å²) >= 11 is 3.29. The fourth-order valence-electron chi connectivity index (χ4n) is 1.88. The minimum Gasteiger partial charge on any atom is -0.398 e. The molecule has 0 aliphatic carbocycles. The highest BCUT2D eigenvalue weighted by atomic mass is 79.9. The highest BCUT2D eigenvalue weighted by Gasteiger charge is 2.21. The molecule has 18 heavy (non-hydrogen) atoms. The van der Waals surface area contributed by atoms with E-state index in [1.54, 1.807) is 18.2 Å². The Hall–Kier alpha value is -1.56. The Morgan fingerprint density at radius 3 is 2.94 bits per heavy atom. The van der Waals surface area contributed by atoms with E-state index >= 15 is 0 Å². The first-order valence-electron chi connectivity index (χ1n) is 5.69. The number of nitrogens with two attached hydrogens (primary N) is 1. The lowest BCUT2D eigenvalue weighted by Gasteiger charge is -2.12. The molecule has 0 saturated carbocycles. The van der Waals surface area contributed by atoms with Gasteiger partial charge in [0.1, 0.15) is 0 Å². The number of halogens is 1. The van der Waals surface area contributed by atoms with E-state index in [2.05, 4.69) is 26.6 Å². The lowest BCUT2D eigenvalue weighted by Crippen LogP contribution is -2.38. The number of rotatable bonds is 3. The Kier molecular flexibility index (Phi) is 3.86. The maximum absolute atomic E-state index is 11.9. The number of benzene rings is 1. The molecule has 1 unspecified atom stereocenters. The molecule has 0 spiro atoms. The fourth-order valence-corrected chi connectivity index (χ4v) is 2.26. The highest BCUT2D eigenvalue weighted by molar-refractivity contribution is 9.10. The highest BCUT2D eigenvalue weighted by Crippen LogP contribution is 2.18. The summed E-state index contributed by atoms with van der Waals surface area (Å²) in [5, 5.41) is 5.56. The number of carbonyl (C=O) groups is 2. The summed E-state index contributed by atoms with van der Waals surface area (Å²) < 4.78 is 0.833. The molecule has 1 atom stereocenters. The van der Waals surface area contributed by atoms with Crippen LogP contribution < -0.4 is 16.4 Å². The second-order valence-electron chi connectivity index (χ2n) is 4.24. The number of anilines is 1. The number of nitrogens with one attached hydrogen (secondary N) is 2. The van der Waals surface area contributed by atoms with Gasteiger partial charge < -0.3 is 16.4 Å². The lowest BCUT2D eigenvalue weighted by atomic mass is 10.1. The maximum atomic E-state index is 11.9. The van der Waals surface area contributed by atoms with Gasteiger partial charge in [0.15, 0.2) is 0 Å². The van der Waals surface area contributed by atoms with Crippen molar-refractivity contribution in [2.45, 2.75) is 18.9 Å². The van der Waals surface area contributed by atoms with Crippen molar-refractivity contribution in [2.24, 2.45) is 0 Å². The summed E-state index contributed by atoms with van der Waals surface area (Å²) in [7, 11) is 0. The van der Waals surface area contributed by atoms with E-state index in [1.807, 2.05) is 0 Å². The van der Waals surface area contributed by atoms with Crippen molar-refractivity contribution in [3.63, 3.8) is 0 Å². The molecule has 1 aliphatic heterocycles. The minimum absolute atomic E-state index is 0.0260. The number of hydrogen-bond acceptors (Lipinski definition) is 3. The van der Waals surface area contributed by atoms with Crippen LogP contribution in [0.2, 0.25) is 0 Å². The first kappa shape index (κ1) is 12.9. The van der Waals surface area contributed by atoms with Crippen molar-refractivity contribution >= 4 is 33.4 Å². The van der Waals surface area contributed by atoms with Crippen molar-refractivity contribution in [1.82, 2.24) is 10.6 Å². The molecular formula is C12H14BrN3O2. The molecule has 6 heteroatoms. The van der Waals surface area contributed by atoms with Crippen molar-refractivity contribution in [1.29, 1.82) is 0 Å². The molecule has 5 nitrogen and oxygen atoms in total. The first-order valence-corrected chi connectivity index (χ1v) is 6.48. The summed E-state index contributed by atoms with van der Waals surface area (Å²) in [5.74, 6) is -0.182. The largest absolute Gasteiger partial charge is 0.398 e. The van der Waals surface area contributed by atoms with Crippen LogP contribution in [0, 0.1) is 0 Å². The SMILES string of the molecule is Nc1cc(Br)ccc1C(=O)NCC1CCC(=O)N1. The maximum Gasteiger partial charge on any atom is 0.253 e. The molecule has 1 aromatic rings. The molecule has 96 valence electrons. The normalized spacial score (nSPS) is 18.5. The van der Waals surface area contributed by atoms with Gasteiger partial charge in [0.05, 0.1) is 5.56 Å². The van der Waals surface area contributed by atoms with E-state index in [0.29, 0.717) is 24.2 Å². The van der Waals surface area contributed by atoms with Gasteiger partial charge in [-0.2, -0.15) is 0 Å². The molecule has 1 heterocycles. The average Bonchev–Trinajstić information content (AvgIpc) is 2.72. The van der Waals surface area contributed by atoms with Crippen LogP contribution in [0.5, 0.6) is 0 Å². The Morgan fingerprint density at radius 2 is 2.33 bits per heavy atom. The van der Waals surface area contributed by atoms with Gasteiger partial charge in [-0.05, 0) is 24.6 Å². The number of hydrogen-bond donors (Lipinski definition) is 3. The number of carbonyl (C=O) groups excluding carboxylic acids is 2. The molecule has 1 saturated heterocycles. The zero-order valence-corrected chi connectivity index (χ0v) is 11.3. The van der Waals surface area contributed by atoms with Gasteiger partial charge in [-0.15, -0.1) is 0 Å². The lowest BCUT2D eigenvalue weighted by molar-refractivity contribution is -0.119. The molecule has 1 aliphatic rings. The summed E-state index contributed by atoms with van der Waals surface area (Å²) in [5.41, 5.74) is 6.64. The van der Waals surface area contributed by atoms with Crippen LogP contribution in [0.4, 0.5) is 5.69 Å². The first-order chi connectivity index (χ1) is 8.56. The van der Waals surface area contributed by atoms with Gasteiger partial charge >= 0.3 is 0 Å². The van der Waals surface area contributed by atoms with Crippen LogP contribution in [0.3, 0.4) is 0 Å². The molecule has 0 aromatic heterocycles. The van der Waals surface area contributed by atoms with Crippen molar-refractivity contribution < 1.29 is 9.59 Å². The van der Waals surface area contributed by atoms with Gasteiger partial charge in [0, 0.05) is 29.2 Å². The smallest absolute Gasteiger partial charge is 0.253 e. The van der Waals surface area contributed by atoms with Crippen LogP contribution in [0.1, 0.15) is 23.2 Å².